The van der Waals surface area contributed by atoms with Crippen molar-refractivity contribution >= 4 is 0 Å². The molecule has 4 saturated carbocycles. The Morgan fingerprint density at radius 1 is 1.07 bits per heavy atom. The van der Waals surface area contributed by atoms with Crippen molar-refractivity contribution in [3.8, 4) is 0 Å². The van der Waals surface area contributed by atoms with Crippen LogP contribution >= 0.6 is 0 Å². The molecule has 4 bridgehead atoms. The zero-order valence-corrected chi connectivity index (χ0v) is 9.03. The minimum Gasteiger partial charge on any atom is -0.392 e. The average Bonchev–Trinajstić information content (AvgIpc) is 2.07. The highest BCUT2D eigenvalue weighted by atomic mass is 16.3. The fourth-order valence-corrected chi connectivity index (χ4v) is 4.90. The van der Waals surface area contributed by atoms with Crippen LogP contribution in [-0.4, -0.2) is 22.4 Å². The quantitative estimate of drug-likeness (QED) is 0.617. The average molecular weight is 196 g/mol. The number of aliphatic hydroxyl groups is 2. The van der Waals surface area contributed by atoms with Crippen molar-refractivity contribution < 1.29 is 10.2 Å². The highest BCUT2D eigenvalue weighted by molar-refractivity contribution is 5.12. The van der Waals surface area contributed by atoms with E-state index in [9.17, 15) is 10.2 Å². The van der Waals surface area contributed by atoms with Crippen LogP contribution in [0.2, 0.25) is 0 Å². The summed E-state index contributed by atoms with van der Waals surface area (Å²) in [6, 6.07) is 0. The lowest BCUT2D eigenvalue weighted by molar-refractivity contribution is -0.225. The molecule has 0 aromatic rings. The van der Waals surface area contributed by atoms with Crippen molar-refractivity contribution in [2.24, 2.45) is 22.7 Å². The van der Waals surface area contributed by atoms with Gasteiger partial charge in [0, 0.05) is 5.92 Å². The first-order chi connectivity index (χ1) is 6.44. The molecule has 80 valence electrons. The summed E-state index contributed by atoms with van der Waals surface area (Å²) in [6.07, 6.45) is 3.89. The first-order valence-corrected chi connectivity index (χ1v) is 5.80. The van der Waals surface area contributed by atoms with Crippen molar-refractivity contribution in [3.05, 3.63) is 0 Å². The molecule has 2 heteroatoms. The largest absolute Gasteiger partial charge is 0.392 e. The molecule has 0 amide bonds. The summed E-state index contributed by atoms with van der Waals surface area (Å²) in [7, 11) is 0. The van der Waals surface area contributed by atoms with E-state index in [0.29, 0.717) is 11.3 Å². The summed E-state index contributed by atoms with van der Waals surface area (Å²) >= 11 is 0. The molecule has 4 aliphatic carbocycles. The maximum atomic E-state index is 10.2. The van der Waals surface area contributed by atoms with Gasteiger partial charge in [-0.05, 0) is 42.4 Å². The van der Waals surface area contributed by atoms with Crippen LogP contribution in [0.15, 0.2) is 0 Å². The van der Waals surface area contributed by atoms with Gasteiger partial charge in [0.05, 0.1) is 12.2 Å². The number of hydrogen-bond acceptors (Lipinski definition) is 2. The Kier molecular flexibility index (Phi) is 1.54. The molecule has 0 aromatic heterocycles. The minimum absolute atomic E-state index is 0.0970. The monoisotopic (exact) mass is 196 g/mol. The van der Waals surface area contributed by atoms with Crippen LogP contribution in [0.1, 0.15) is 39.5 Å². The van der Waals surface area contributed by atoms with Crippen LogP contribution in [0.4, 0.5) is 0 Å². The summed E-state index contributed by atoms with van der Waals surface area (Å²) in [5, 5.41) is 20.3. The van der Waals surface area contributed by atoms with E-state index < -0.39 is 0 Å². The van der Waals surface area contributed by atoms with E-state index in [2.05, 4.69) is 13.8 Å². The van der Waals surface area contributed by atoms with Gasteiger partial charge in [0.15, 0.2) is 0 Å². The summed E-state index contributed by atoms with van der Waals surface area (Å²) < 4.78 is 0. The smallest absolute Gasteiger partial charge is 0.0647 e. The van der Waals surface area contributed by atoms with Crippen LogP contribution in [0.3, 0.4) is 0 Å². The topological polar surface area (TPSA) is 40.5 Å². The Morgan fingerprint density at radius 2 is 1.79 bits per heavy atom. The number of aliphatic hydroxyl groups excluding tert-OH is 2. The minimum atomic E-state index is -0.262. The summed E-state index contributed by atoms with van der Waals surface area (Å²) in [5.41, 5.74) is 0.501. The van der Waals surface area contributed by atoms with Gasteiger partial charge in [-0.25, -0.2) is 0 Å². The zero-order valence-electron chi connectivity index (χ0n) is 9.03. The van der Waals surface area contributed by atoms with Crippen LogP contribution in [0, 0.1) is 22.7 Å². The predicted octanol–water partition coefficient (Wildman–Crippen LogP) is 1.55. The van der Waals surface area contributed by atoms with Gasteiger partial charge in [0.1, 0.15) is 0 Å². The molecule has 2 unspecified atom stereocenters. The standard InChI is InChI=1S/C12H20O2/c1-11-3-7-4-12(2,6-11)10(14)8(5-11)9(7)13/h7-10,13-14H,3-6H2,1-2H3/t7-,8-,9?,10?,11-,12-/m0/s1. The second-order valence-corrected chi connectivity index (χ2v) is 6.61. The molecular formula is C12H20O2. The summed E-state index contributed by atoms with van der Waals surface area (Å²) in [4.78, 5) is 0. The first-order valence-electron chi connectivity index (χ1n) is 5.80. The van der Waals surface area contributed by atoms with Gasteiger partial charge in [0.25, 0.3) is 0 Å². The SMILES string of the molecule is C[C@@]12C[C@H]3C[C@@](C)(C1)C(O)[C@@H](C2)C3O. The van der Waals surface area contributed by atoms with E-state index in [1.807, 2.05) is 0 Å². The maximum Gasteiger partial charge on any atom is 0.0647 e. The van der Waals surface area contributed by atoms with Crippen molar-refractivity contribution in [2.75, 3.05) is 0 Å². The Labute approximate surface area is 85.3 Å². The third-order valence-corrected chi connectivity index (χ3v) is 5.08. The highest BCUT2D eigenvalue weighted by Gasteiger charge is 2.62. The van der Waals surface area contributed by atoms with E-state index >= 15 is 0 Å². The van der Waals surface area contributed by atoms with Gasteiger partial charge in [-0.2, -0.15) is 0 Å². The van der Waals surface area contributed by atoms with E-state index in [-0.39, 0.29) is 23.5 Å². The normalized spacial score (nSPS) is 66.0. The van der Waals surface area contributed by atoms with Crippen molar-refractivity contribution in [1.82, 2.24) is 0 Å². The molecule has 14 heavy (non-hydrogen) atoms. The van der Waals surface area contributed by atoms with Gasteiger partial charge in [0.2, 0.25) is 0 Å². The van der Waals surface area contributed by atoms with Crippen molar-refractivity contribution in [3.63, 3.8) is 0 Å². The summed E-state index contributed by atoms with van der Waals surface area (Å²) in [5.74, 6) is 0.618. The van der Waals surface area contributed by atoms with Crippen LogP contribution in [0.5, 0.6) is 0 Å². The maximum absolute atomic E-state index is 10.2. The second kappa shape index (κ2) is 2.35. The molecular weight excluding hydrogens is 176 g/mol. The van der Waals surface area contributed by atoms with Crippen LogP contribution in [0.25, 0.3) is 0 Å². The Bertz CT molecular complexity index is 277. The molecule has 0 heterocycles. The lowest BCUT2D eigenvalue weighted by Crippen LogP contribution is -2.63. The summed E-state index contributed by atoms with van der Waals surface area (Å²) in [6.45, 7) is 4.54. The van der Waals surface area contributed by atoms with Crippen molar-refractivity contribution in [1.29, 1.82) is 0 Å². The molecule has 2 nitrogen and oxygen atoms in total. The molecule has 2 N–H and O–H groups in total. The molecule has 0 aromatic carbocycles. The number of rotatable bonds is 0. The molecule has 0 spiro atoms. The van der Waals surface area contributed by atoms with Gasteiger partial charge in [-0.15, -0.1) is 0 Å². The fraction of sp³-hybridized carbons (Fsp3) is 1.00. The lowest BCUT2D eigenvalue weighted by atomic mass is 9.43. The molecule has 4 fully saturated rings. The molecule has 4 aliphatic rings. The van der Waals surface area contributed by atoms with Crippen LogP contribution in [-0.2, 0) is 0 Å². The number of hydrogen-bond donors (Lipinski definition) is 2. The molecule has 0 saturated heterocycles. The molecule has 0 radical (unpaired) electrons. The highest BCUT2D eigenvalue weighted by Crippen LogP contribution is 2.64. The lowest BCUT2D eigenvalue weighted by Gasteiger charge is -2.64. The first kappa shape index (κ1) is 9.17. The zero-order chi connectivity index (χ0) is 10.1. The molecule has 4 rings (SSSR count). The third kappa shape index (κ3) is 0.938. The Morgan fingerprint density at radius 3 is 2.50 bits per heavy atom. The van der Waals surface area contributed by atoms with Crippen LogP contribution < -0.4 is 0 Å². The molecule has 6 atom stereocenters. The Hall–Kier alpha value is -0.0800. The van der Waals surface area contributed by atoms with E-state index in [1.54, 1.807) is 0 Å². The van der Waals surface area contributed by atoms with Gasteiger partial charge < -0.3 is 10.2 Å². The van der Waals surface area contributed by atoms with Gasteiger partial charge in [-0.3, -0.25) is 0 Å². The van der Waals surface area contributed by atoms with Gasteiger partial charge in [-0.1, -0.05) is 13.8 Å². The Balaban J connectivity index is 2.03. The third-order valence-electron chi connectivity index (χ3n) is 5.08. The van der Waals surface area contributed by atoms with E-state index in [0.717, 1.165) is 19.3 Å². The fourth-order valence-electron chi connectivity index (χ4n) is 4.90. The second-order valence-electron chi connectivity index (χ2n) is 6.61. The molecule has 0 aliphatic heterocycles. The van der Waals surface area contributed by atoms with Crippen molar-refractivity contribution in [2.45, 2.75) is 51.7 Å². The van der Waals surface area contributed by atoms with E-state index in [1.165, 1.54) is 6.42 Å². The predicted molar refractivity (Wildman–Crippen MR) is 53.7 cm³/mol. The van der Waals surface area contributed by atoms with E-state index in [4.69, 9.17) is 0 Å². The van der Waals surface area contributed by atoms with Gasteiger partial charge >= 0.3 is 0 Å².